The Hall–Kier alpha value is -2.22. The first-order valence-electron chi connectivity index (χ1n) is 6.83. The van der Waals surface area contributed by atoms with Crippen molar-refractivity contribution in [3.63, 3.8) is 0 Å². The first kappa shape index (κ1) is 13.7. The lowest BCUT2D eigenvalue weighted by atomic mass is 10.4. The summed E-state index contributed by atoms with van der Waals surface area (Å²) in [6, 6.07) is 0. The van der Waals surface area contributed by atoms with E-state index in [1.165, 1.54) is 0 Å². The highest BCUT2D eigenvalue weighted by molar-refractivity contribution is 7.13. The molecule has 3 aromatic rings. The molecule has 3 aromatic heterocycles. The van der Waals surface area contributed by atoms with Gasteiger partial charge in [0, 0.05) is 25.0 Å². The van der Waals surface area contributed by atoms with E-state index in [-0.39, 0.29) is 0 Å². The molecule has 110 valence electrons. The quantitative estimate of drug-likeness (QED) is 0.679. The van der Waals surface area contributed by atoms with Crippen molar-refractivity contribution in [2.24, 2.45) is 0 Å². The molecule has 0 aromatic carbocycles. The highest BCUT2D eigenvalue weighted by Crippen LogP contribution is 2.17. The maximum Gasteiger partial charge on any atom is 0.182 e. The Labute approximate surface area is 126 Å². The fraction of sp³-hybridized carbons (Fsp3) is 0.385. The van der Waals surface area contributed by atoms with Gasteiger partial charge >= 0.3 is 0 Å². The third-order valence-electron chi connectivity index (χ3n) is 3.05. The molecular formula is C13H17N7S. The van der Waals surface area contributed by atoms with Crippen molar-refractivity contribution >= 4 is 33.5 Å². The van der Waals surface area contributed by atoms with E-state index in [4.69, 9.17) is 0 Å². The average molecular weight is 303 g/mol. The van der Waals surface area contributed by atoms with Crippen LogP contribution in [0.3, 0.4) is 0 Å². The van der Waals surface area contributed by atoms with Crippen LogP contribution in [0.15, 0.2) is 18.0 Å². The van der Waals surface area contributed by atoms with Gasteiger partial charge in [-0.15, -0.1) is 11.3 Å². The molecule has 3 heterocycles. The zero-order valence-corrected chi connectivity index (χ0v) is 12.8. The summed E-state index contributed by atoms with van der Waals surface area (Å²) in [7, 11) is 0. The van der Waals surface area contributed by atoms with Gasteiger partial charge in [0.15, 0.2) is 16.6 Å². The summed E-state index contributed by atoms with van der Waals surface area (Å²) in [6.07, 6.45) is 3.36. The van der Waals surface area contributed by atoms with E-state index in [9.17, 15) is 0 Å². The van der Waals surface area contributed by atoms with E-state index < -0.39 is 0 Å². The molecule has 0 aliphatic heterocycles. The summed E-state index contributed by atoms with van der Waals surface area (Å²) in [5, 5.41) is 9.54. The van der Waals surface area contributed by atoms with Crippen LogP contribution >= 0.6 is 11.3 Å². The molecule has 21 heavy (non-hydrogen) atoms. The van der Waals surface area contributed by atoms with E-state index in [0.717, 1.165) is 47.4 Å². The molecule has 2 N–H and O–H groups in total. The van der Waals surface area contributed by atoms with Gasteiger partial charge in [0.1, 0.15) is 11.8 Å². The Kier molecular flexibility index (Phi) is 3.96. The molecule has 0 unspecified atom stereocenters. The third-order valence-corrected chi connectivity index (χ3v) is 3.97. The van der Waals surface area contributed by atoms with E-state index in [2.05, 4.69) is 37.5 Å². The third kappa shape index (κ3) is 2.94. The van der Waals surface area contributed by atoms with E-state index >= 15 is 0 Å². The number of aryl methyl sites for hydroxylation is 2. The number of hydrogen-bond donors (Lipinski definition) is 2. The number of hydrogen-bond acceptors (Lipinski definition) is 7. The Morgan fingerprint density at radius 3 is 2.81 bits per heavy atom. The summed E-state index contributed by atoms with van der Waals surface area (Å²) in [5.41, 5.74) is 2.71. The van der Waals surface area contributed by atoms with Gasteiger partial charge in [-0.3, -0.25) is 0 Å². The Morgan fingerprint density at radius 1 is 1.19 bits per heavy atom. The Bertz CT molecular complexity index is 733. The fourth-order valence-electron chi connectivity index (χ4n) is 2.03. The van der Waals surface area contributed by atoms with Gasteiger partial charge in [-0.05, 0) is 13.8 Å². The molecule has 0 saturated carbocycles. The monoisotopic (exact) mass is 303 g/mol. The van der Waals surface area contributed by atoms with Crippen LogP contribution in [0.2, 0.25) is 0 Å². The molecule has 3 rings (SSSR count). The smallest absolute Gasteiger partial charge is 0.182 e. The van der Waals surface area contributed by atoms with Gasteiger partial charge in [-0.1, -0.05) is 0 Å². The fourth-order valence-corrected chi connectivity index (χ4v) is 2.74. The minimum absolute atomic E-state index is 0.740. The van der Waals surface area contributed by atoms with Crippen molar-refractivity contribution in [1.29, 1.82) is 0 Å². The van der Waals surface area contributed by atoms with Crippen molar-refractivity contribution in [3.05, 3.63) is 23.7 Å². The first-order chi connectivity index (χ1) is 10.3. The normalized spacial score (nSPS) is 11.0. The summed E-state index contributed by atoms with van der Waals surface area (Å²) in [5.74, 6) is 0.768. The van der Waals surface area contributed by atoms with Crippen molar-refractivity contribution < 1.29 is 0 Å². The van der Waals surface area contributed by atoms with E-state index in [0.29, 0.717) is 0 Å². The molecule has 0 radical (unpaired) electrons. The molecule has 0 fully saturated rings. The molecule has 8 heteroatoms. The summed E-state index contributed by atoms with van der Waals surface area (Å²) >= 11 is 1.61. The second kappa shape index (κ2) is 6.04. The summed E-state index contributed by atoms with van der Waals surface area (Å²) < 4.78 is 2.00. The number of nitrogens with one attached hydrogen (secondary N) is 2. The van der Waals surface area contributed by atoms with Gasteiger partial charge in [0.05, 0.1) is 12.0 Å². The van der Waals surface area contributed by atoms with E-state index in [1.807, 2.05) is 16.9 Å². The second-order valence-electron chi connectivity index (χ2n) is 4.57. The molecule has 0 atom stereocenters. The van der Waals surface area contributed by atoms with Crippen molar-refractivity contribution in [2.75, 3.05) is 23.7 Å². The zero-order chi connectivity index (χ0) is 14.7. The van der Waals surface area contributed by atoms with Crippen LogP contribution < -0.4 is 10.6 Å². The zero-order valence-electron chi connectivity index (χ0n) is 12.0. The van der Waals surface area contributed by atoms with E-state index in [1.54, 1.807) is 24.0 Å². The van der Waals surface area contributed by atoms with Crippen LogP contribution in [0.5, 0.6) is 0 Å². The predicted molar refractivity (Wildman–Crippen MR) is 84.8 cm³/mol. The SMILES string of the molecule is CCn1cnc2c(NCCNc3nc(C)cs3)ncnc21. The molecular weight excluding hydrogens is 286 g/mol. The molecule has 0 spiro atoms. The number of rotatable bonds is 6. The largest absolute Gasteiger partial charge is 0.366 e. The molecule has 0 amide bonds. The highest BCUT2D eigenvalue weighted by Gasteiger charge is 2.08. The average Bonchev–Trinajstić information content (AvgIpc) is 3.10. The topological polar surface area (TPSA) is 80.5 Å². The standard InChI is InChI=1S/C13H17N7S/c1-3-20-8-18-10-11(16-7-17-12(10)20)14-4-5-15-13-19-9(2)6-21-13/h6-8H,3-5H2,1-2H3,(H,15,19)(H,14,16,17). The molecule has 0 aliphatic carbocycles. The maximum atomic E-state index is 4.37. The lowest BCUT2D eigenvalue weighted by molar-refractivity contribution is 0.777. The van der Waals surface area contributed by atoms with Crippen LogP contribution in [0.4, 0.5) is 10.9 Å². The number of nitrogens with zero attached hydrogens (tertiary/aromatic N) is 5. The minimum Gasteiger partial charge on any atom is -0.366 e. The lowest BCUT2D eigenvalue weighted by Gasteiger charge is -2.06. The number of anilines is 2. The molecule has 0 saturated heterocycles. The summed E-state index contributed by atoms with van der Waals surface area (Å²) in [4.78, 5) is 17.3. The van der Waals surface area contributed by atoms with Gasteiger partial charge in [0.2, 0.25) is 0 Å². The molecule has 7 nitrogen and oxygen atoms in total. The van der Waals surface area contributed by atoms with Gasteiger partial charge in [-0.25, -0.2) is 19.9 Å². The van der Waals surface area contributed by atoms with Crippen molar-refractivity contribution in [3.8, 4) is 0 Å². The molecule has 0 aliphatic rings. The number of imidazole rings is 1. The van der Waals surface area contributed by atoms with Crippen LogP contribution in [-0.2, 0) is 6.54 Å². The van der Waals surface area contributed by atoms with Gasteiger partial charge in [0.25, 0.3) is 0 Å². The van der Waals surface area contributed by atoms with Crippen LogP contribution in [-0.4, -0.2) is 37.6 Å². The predicted octanol–water partition coefficient (Wildman–Crippen LogP) is 2.14. The maximum absolute atomic E-state index is 4.37. The highest BCUT2D eigenvalue weighted by atomic mass is 32.1. The number of thiazole rings is 1. The number of aromatic nitrogens is 5. The van der Waals surface area contributed by atoms with Crippen LogP contribution in [0.1, 0.15) is 12.6 Å². The molecule has 0 bridgehead atoms. The van der Waals surface area contributed by atoms with Gasteiger partial charge < -0.3 is 15.2 Å². The lowest BCUT2D eigenvalue weighted by Crippen LogP contribution is -2.14. The number of fused-ring (bicyclic) bond motifs is 1. The first-order valence-corrected chi connectivity index (χ1v) is 7.71. The second-order valence-corrected chi connectivity index (χ2v) is 5.43. The Morgan fingerprint density at radius 2 is 2.05 bits per heavy atom. The minimum atomic E-state index is 0.740. The van der Waals surface area contributed by atoms with Crippen molar-refractivity contribution in [1.82, 2.24) is 24.5 Å². The van der Waals surface area contributed by atoms with Crippen molar-refractivity contribution in [2.45, 2.75) is 20.4 Å². The summed E-state index contributed by atoms with van der Waals surface area (Å²) in [6.45, 7) is 6.41. The Balaban J connectivity index is 1.61. The van der Waals surface area contributed by atoms with Crippen LogP contribution in [0.25, 0.3) is 11.2 Å². The van der Waals surface area contributed by atoms with Gasteiger partial charge in [-0.2, -0.15) is 0 Å². The van der Waals surface area contributed by atoms with Crippen LogP contribution in [0, 0.1) is 6.92 Å².